The zero-order valence-corrected chi connectivity index (χ0v) is 10.8. The van der Waals surface area contributed by atoms with Crippen molar-refractivity contribution in [1.29, 1.82) is 0 Å². The van der Waals surface area contributed by atoms with Crippen LogP contribution in [0.5, 0.6) is 0 Å². The van der Waals surface area contributed by atoms with E-state index >= 15 is 0 Å². The van der Waals surface area contributed by atoms with Crippen LogP contribution < -0.4 is 5.32 Å². The molecule has 0 unspecified atom stereocenters. The van der Waals surface area contributed by atoms with Gasteiger partial charge in [0.05, 0.1) is 4.92 Å². The molecule has 0 saturated heterocycles. The van der Waals surface area contributed by atoms with Gasteiger partial charge in [-0.25, -0.2) is 0 Å². The fourth-order valence-corrected chi connectivity index (χ4v) is 1.90. The van der Waals surface area contributed by atoms with E-state index in [4.69, 9.17) is 0 Å². The summed E-state index contributed by atoms with van der Waals surface area (Å²) in [7, 11) is 0. The molecule has 0 aliphatic heterocycles. The highest BCUT2D eigenvalue weighted by atomic mass is 16.6. The van der Waals surface area contributed by atoms with Crippen LogP contribution in [0.15, 0.2) is 48.5 Å². The summed E-state index contributed by atoms with van der Waals surface area (Å²) < 4.78 is 0. The summed E-state index contributed by atoms with van der Waals surface area (Å²) in [6.07, 6.45) is 0.840. The van der Waals surface area contributed by atoms with Crippen LogP contribution >= 0.6 is 0 Å². The predicted octanol–water partition coefficient (Wildman–Crippen LogP) is 3.56. The largest absolute Gasteiger partial charge is 0.384 e. The van der Waals surface area contributed by atoms with E-state index < -0.39 is 0 Å². The van der Waals surface area contributed by atoms with Gasteiger partial charge in [-0.15, -0.1) is 0 Å². The van der Waals surface area contributed by atoms with Crippen LogP contribution in [-0.2, 0) is 6.42 Å². The molecule has 2 aromatic carbocycles. The number of hydrogen-bond donors (Lipinski definition) is 1. The van der Waals surface area contributed by atoms with Gasteiger partial charge in [0.2, 0.25) is 0 Å². The van der Waals surface area contributed by atoms with Crippen molar-refractivity contribution >= 4 is 11.4 Å². The molecule has 0 fully saturated rings. The van der Waals surface area contributed by atoms with Crippen molar-refractivity contribution < 1.29 is 4.92 Å². The monoisotopic (exact) mass is 256 g/mol. The van der Waals surface area contributed by atoms with E-state index in [2.05, 4.69) is 18.3 Å². The quantitative estimate of drug-likeness (QED) is 0.657. The first-order chi connectivity index (χ1) is 9.16. The summed E-state index contributed by atoms with van der Waals surface area (Å²) in [4.78, 5) is 10.2. The Kier molecular flexibility index (Phi) is 4.13. The van der Waals surface area contributed by atoms with E-state index in [0.29, 0.717) is 0 Å². The van der Waals surface area contributed by atoms with Gasteiger partial charge in [-0.3, -0.25) is 10.1 Å². The molecular weight excluding hydrogens is 240 g/mol. The number of rotatable bonds is 5. The molecule has 4 nitrogen and oxygen atoms in total. The van der Waals surface area contributed by atoms with Gasteiger partial charge in [0.15, 0.2) is 0 Å². The molecule has 0 spiro atoms. The fraction of sp³-hybridized carbons (Fsp3) is 0.200. The number of anilines is 1. The molecule has 0 radical (unpaired) electrons. The van der Waals surface area contributed by atoms with Crippen molar-refractivity contribution in [1.82, 2.24) is 0 Å². The Morgan fingerprint density at radius 1 is 1.11 bits per heavy atom. The molecule has 0 aliphatic rings. The Morgan fingerprint density at radius 2 is 1.79 bits per heavy atom. The molecule has 0 aliphatic carbocycles. The predicted molar refractivity (Wildman–Crippen MR) is 76.5 cm³/mol. The number of nitro benzene ring substituents is 1. The van der Waals surface area contributed by atoms with Crippen molar-refractivity contribution in [2.24, 2.45) is 0 Å². The zero-order valence-electron chi connectivity index (χ0n) is 10.8. The third-order valence-corrected chi connectivity index (χ3v) is 3.02. The second kappa shape index (κ2) is 6.00. The van der Waals surface area contributed by atoms with Crippen molar-refractivity contribution in [3.8, 4) is 0 Å². The third-order valence-electron chi connectivity index (χ3n) is 3.02. The van der Waals surface area contributed by atoms with Crippen molar-refractivity contribution in [2.75, 3.05) is 11.9 Å². The van der Waals surface area contributed by atoms with Gasteiger partial charge in [-0.05, 0) is 30.5 Å². The van der Waals surface area contributed by atoms with Gasteiger partial charge in [-0.1, -0.05) is 30.3 Å². The normalized spacial score (nSPS) is 10.2. The van der Waals surface area contributed by atoms with E-state index in [1.807, 2.05) is 18.2 Å². The number of para-hydroxylation sites is 1. The Bertz CT molecular complexity index is 565. The maximum atomic E-state index is 10.5. The van der Waals surface area contributed by atoms with Gasteiger partial charge in [-0.2, -0.15) is 0 Å². The molecule has 2 aromatic rings. The second-order valence-corrected chi connectivity index (χ2v) is 4.42. The van der Waals surface area contributed by atoms with E-state index in [1.54, 1.807) is 24.3 Å². The van der Waals surface area contributed by atoms with E-state index in [0.717, 1.165) is 24.2 Å². The summed E-state index contributed by atoms with van der Waals surface area (Å²) >= 11 is 0. The summed E-state index contributed by atoms with van der Waals surface area (Å²) in [6.45, 7) is 2.87. The lowest BCUT2D eigenvalue weighted by atomic mass is 10.1. The maximum Gasteiger partial charge on any atom is 0.269 e. The van der Waals surface area contributed by atoms with Crippen LogP contribution in [0.3, 0.4) is 0 Å². The standard InChI is InChI=1S/C15H16N2O2/c1-12-4-2-3-5-15(12)16-11-10-13-6-8-14(9-7-13)17(18)19/h2-9,16H,10-11H2,1H3. The van der Waals surface area contributed by atoms with E-state index in [1.165, 1.54) is 5.56 Å². The number of aryl methyl sites for hydroxylation is 1. The fourth-order valence-electron chi connectivity index (χ4n) is 1.90. The molecule has 0 saturated carbocycles. The summed E-state index contributed by atoms with van der Waals surface area (Å²) in [5.74, 6) is 0. The van der Waals surface area contributed by atoms with Gasteiger partial charge in [0.1, 0.15) is 0 Å². The van der Waals surface area contributed by atoms with Crippen LogP contribution in [0.4, 0.5) is 11.4 Å². The van der Waals surface area contributed by atoms with Gasteiger partial charge in [0, 0.05) is 24.4 Å². The maximum absolute atomic E-state index is 10.5. The van der Waals surface area contributed by atoms with Gasteiger partial charge >= 0.3 is 0 Å². The first-order valence-corrected chi connectivity index (χ1v) is 6.19. The van der Waals surface area contributed by atoms with Crippen molar-refractivity contribution in [2.45, 2.75) is 13.3 Å². The molecule has 19 heavy (non-hydrogen) atoms. The molecule has 0 bridgehead atoms. The summed E-state index contributed by atoms with van der Waals surface area (Å²) in [6, 6.07) is 14.8. The summed E-state index contributed by atoms with van der Waals surface area (Å²) in [5.41, 5.74) is 3.57. The molecule has 0 amide bonds. The number of nitrogens with one attached hydrogen (secondary N) is 1. The second-order valence-electron chi connectivity index (χ2n) is 4.42. The molecule has 2 rings (SSSR count). The Hall–Kier alpha value is -2.36. The third kappa shape index (κ3) is 3.55. The van der Waals surface area contributed by atoms with Crippen molar-refractivity contribution in [3.63, 3.8) is 0 Å². The minimum absolute atomic E-state index is 0.135. The lowest BCUT2D eigenvalue weighted by Crippen LogP contribution is -2.05. The number of nitro groups is 1. The molecule has 0 heterocycles. The molecular formula is C15H16N2O2. The number of hydrogen-bond acceptors (Lipinski definition) is 3. The minimum Gasteiger partial charge on any atom is -0.384 e. The highest BCUT2D eigenvalue weighted by molar-refractivity contribution is 5.50. The topological polar surface area (TPSA) is 55.2 Å². The van der Waals surface area contributed by atoms with Crippen LogP contribution in [0.1, 0.15) is 11.1 Å². The van der Waals surface area contributed by atoms with Gasteiger partial charge < -0.3 is 5.32 Å². The Balaban J connectivity index is 1.89. The molecule has 0 aromatic heterocycles. The average Bonchev–Trinajstić information content (AvgIpc) is 2.41. The first-order valence-electron chi connectivity index (χ1n) is 6.19. The van der Waals surface area contributed by atoms with Crippen LogP contribution in [-0.4, -0.2) is 11.5 Å². The average molecular weight is 256 g/mol. The lowest BCUT2D eigenvalue weighted by molar-refractivity contribution is -0.384. The van der Waals surface area contributed by atoms with Crippen LogP contribution in [0.2, 0.25) is 0 Å². The highest BCUT2D eigenvalue weighted by Gasteiger charge is 2.03. The minimum atomic E-state index is -0.380. The van der Waals surface area contributed by atoms with E-state index in [-0.39, 0.29) is 10.6 Å². The van der Waals surface area contributed by atoms with Crippen LogP contribution in [0.25, 0.3) is 0 Å². The van der Waals surface area contributed by atoms with Gasteiger partial charge in [0.25, 0.3) is 5.69 Å². The molecule has 98 valence electrons. The molecule has 4 heteroatoms. The van der Waals surface area contributed by atoms with E-state index in [9.17, 15) is 10.1 Å². The number of non-ortho nitro benzene ring substituents is 1. The smallest absolute Gasteiger partial charge is 0.269 e. The number of nitrogens with zero attached hydrogens (tertiary/aromatic N) is 1. The van der Waals surface area contributed by atoms with Crippen molar-refractivity contribution in [3.05, 3.63) is 69.8 Å². The zero-order chi connectivity index (χ0) is 13.7. The Morgan fingerprint density at radius 3 is 2.42 bits per heavy atom. The lowest BCUT2D eigenvalue weighted by Gasteiger charge is -2.09. The highest BCUT2D eigenvalue weighted by Crippen LogP contribution is 2.14. The van der Waals surface area contributed by atoms with Crippen LogP contribution in [0, 0.1) is 17.0 Å². The first kappa shape index (κ1) is 13.1. The SMILES string of the molecule is Cc1ccccc1NCCc1ccc([N+](=O)[O-])cc1. The Labute approximate surface area is 112 Å². The number of benzene rings is 2. The summed E-state index contributed by atoms with van der Waals surface area (Å²) in [5, 5.41) is 13.9. The molecule has 1 N–H and O–H groups in total. The molecule has 0 atom stereocenters.